The first-order chi connectivity index (χ1) is 21.1. The van der Waals surface area contributed by atoms with Gasteiger partial charge in [-0.15, -0.1) is 0 Å². The first-order valence-electron chi connectivity index (χ1n) is 12.2. The summed E-state index contributed by atoms with van der Waals surface area (Å²) in [6, 6.07) is 10.6. The number of carboxylic acids is 2. The molecular formula is C24H24N12O8. The number of aromatic nitrogens is 6. The summed E-state index contributed by atoms with van der Waals surface area (Å²) < 4.78 is 0. The summed E-state index contributed by atoms with van der Waals surface area (Å²) in [5.41, 5.74) is 0.950. The van der Waals surface area contributed by atoms with E-state index in [2.05, 4.69) is 84.7 Å². The van der Waals surface area contributed by atoms with Crippen LogP contribution in [0, 0.1) is 0 Å². The minimum absolute atomic E-state index is 0.0238. The predicted molar refractivity (Wildman–Crippen MR) is 155 cm³/mol. The van der Waals surface area contributed by atoms with Gasteiger partial charge in [0, 0.05) is 5.39 Å². The minimum atomic E-state index is -1.17. The third-order valence-corrected chi connectivity index (χ3v) is 5.19. The van der Waals surface area contributed by atoms with E-state index in [-0.39, 0.29) is 47.5 Å². The number of fused-ring (bicyclic) bond motifs is 1. The van der Waals surface area contributed by atoms with Crippen LogP contribution in [0.4, 0.5) is 47.1 Å². The van der Waals surface area contributed by atoms with Crippen molar-refractivity contribution in [2.45, 2.75) is 0 Å². The smallest absolute Gasteiger partial charge is 0.322 e. The van der Waals surface area contributed by atoms with Gasteiger partial charge in [0.1, 0.15) is 13.1 Å². The SMILES string of the molecule is C=C(Nc1nc(NC(=C)OO)nc(Nc2cccc3cccc(Nc4nc(NCC(=O)O)nc(NCC(=O)O)n4)c23)n1)OO. The van der Waals surface area contributed by atoms with Gasteiger partial charge in [0.25, 0.3) is 0 Å². The highest BCUT2D eigenvalue weighted by Gasteiger charge is 2.15. The Morgan fingerprint density at radius 1 is 0.636 bits per heavy atom. The standard InChI is InChI=1S/C24H24N12O8/c1-11(43-41)27-21-34-22(28-12(2)44-42)36-24(35-21)30-15-8-4-6-13-5-3-7-14(18(13)15)29-23-32-19(25-9-16(37)38)31-20(33-23)26-10-17(39)40/h3-8,41-42H,1-2,9-10H2,(H,37,38)(H,39,40)(H3,25,26,29,31,32,33)(H3,27,28,30,34,35,36). The highest BCUT2D eigenvalue weighted by atomic mass is 17.1. The molecule has 2 aromatic heterocycles. The van der Waals surface area contributed by atoms with Crippen LogP contribution in [0.3, 0.4) is 0 Å². The van der Waals surface area contributed by atoms with Gasteiger partial charge in [-0.05, 0) is 30.7 Å². The van der Waals surface area contributed by atoms with E-state index in [0.717, 1.165) is 5.39 Å². The molecular weight excluding hydrogens is 584 g/mol. The van der Waals surface area contributed by atoms with Crippen LogP contribution in [-0.4, -0.2) is 75.7 Å². The van der Waals surface area contributed by atoms with E-state index in [1.807, 2.05) is 12.1 Å². The van der Waals surface area contributed by atoms with E-state index in [1.165, 1.54) is 0 Å². The molecule has 20 nitrogen and oxygen atoms in total. The van der Waals surface area contributed by atoms with Crippen LogP contribution < -0.4 is 31.9 Å². The zero-order valence-electron chi connectivity index (χ0n) is 22.4. The highest BCUT2D eigenvalue weighted by molar-refractivity contribution is 6.04. The van der Waals surface area contributed by atoms with Gasteiger partial charge in [-0.2, -0.15) is 29.9 Å². The number of nitrogens with one attached hydrogen (secondary N) is 6. The first-order valence-corrected chi connectivity index (χ1v) is 12.2. The Morgan fingerprint density at radius 3 is 1.43 bits per heavy atom. The Hall–Kier alpha value is -6.54. The number of aliphatic carboxylic acids is 2. The summed E-state index contributed by atoms with van der Waals surface area (Å²) in [6.07, 6.45) is 0. The first kappa shape index (κ1) is 30.4. The van der Waals surface area contributed by atoms with Crippen LogP contribution in [0.1, 0.15) is 0 Å². The van der Waals surface area contributed by atoms with E-state index in [4.69, 9.17) is 20.7 Å². The molecule has 0 amide bonds. The van der Waals surface area contributed by atoms with E-state index in [9.17, 15) is 9.59 Å². The monoisotopic (exact) mass is 608 g/mol. The molecule has 228 valence electrons. The zero-order valence-corrected chi connectivity index (χ0v) is 22.4. The van der Waals surface area contributed by atoms with Crippen molar-refractivity contribution in [1.29, 1.82) is 0 Å². The summed E-state index contributed by atoms with van der Waals surface area (Å²) in [5.74, 6) is -3.48. The zero-order chi connectivity index (χ0) is 31.6. The van der Waals surface area contributed by atoms with E-state index < -0.39 is 25.0 Å². The van der Waals surface area contributed by atoms with Gasteiger partial charge in [0.2, 0.25) is 47.5 Å². The van der Waals surface area contributed by atoms with Crippen molar-refractivity contribution in [2.24, 2.45) is 0 Å². The van der Waals surface area contributed by atoms with Gasteiger partial charge < -0.3 is 41.3 Å². The number of carbonyl (C=O) groups is 2. The van der Waals surface area contributed by atoms with Gasteiger partial charge in [-0.25, -0.2) is 10.5 Å². The molecule has 0 atom stereocenters. The molecule has 0 aliphatic heterocycles. The molecule has 0 saturated carbocycles. The van der Waals surface area contributed by atoms with Crippen LogP contribution >= 0.6 is 0 Å². The molecule has 10 N–H and O–H groups in total. The number of rotatable bonds is 16. The maximum Gasteiger partial charge on any atom is 0.322 e. The number of nitrogens with zero attached hydrogens (tertiary/aromatic N) is 6. The summed E-state index contributed by atoms with van der Waals surface area (Å²) in [7, 11) is 0. The fourth-order valence-corrected chi connectivity index (χ4v) is 3.53. The molecule has 0 saturated heterocycles. The third kappa shape index (κ3) is 8.25. The van der Waals surface area contributed by atoms with Crippen molar-refractivity contribution in [3.8, 4) is 0 Å². The fourth-order valence-electron chi connectivity index (χ4n) is 3.53. The number of benzene rings is 2. The average molecular weight is 609 g/mol. The molecule has 2 heterocycles. The Labute approximate surface area is 246 Å². The summed E-state index contributed by atoms with van der Waals surface area (Å²) in [6.45, 7) is 5.87. The lowest BCUT2D eigenvalue weighted by Gasteiger charge is -2.15. The minimum Gasteiger partial charge on any atom is -0.480 e. The molecule has 4 rings (SSSR count). The van der Waals surface area contributed by atoms with Crippen molar-refractivity contribution in [2.75, 3.05) is 45.0 Å². The van der Waals surface area contributed by atoms with Gasteiger partial charge >= 0.3 is 11.9 Å². The summed E-state index contributed by atoms with van der Waals surface area (Å²) >= 11 is 0. The number of hydrogen-bond acceptors (Lipinski definition) is 18. The molecule has 0 radical (unpaired) electrons. The Bertz CT molecular complexity index is 1640. The van der Waals surface area contributed by atoms with Crippen molar-refractivity contribution < 1.29 is 40.1 Å². The Balaban J connectivity index is 1.73. The van der Waals surface area contributed by atoms with Gasteiger partial charge in [-0.3, -0.25) is 20.2 Å². The number of hydrogen-bond donors (Lipinski definition) is 10. The summed E-state index contributed by atoms with van der Waals surface area (Å²) in [5, 5.41) is 53.3. The molecule has 20 heteroatoms. The van der Waals surface area contributed by atoms with Crippen molar-refractivity contribution in [1.82, 2.24) is 29.9 Å². The highest BCUT2D eigenvalue weighted by Crippen LogP contribution is 2.33. The van der Waals surface area contributed by atoms with Crippen LogP contribution in [0.25, 0.3) is 10.8 Å². The average Bonchev–Trinajstić information content (AvgIpc) is 2.99. The van der Waals surface area contributed by atoms with E-state index in [1.54, 1.807) is 24.3 Å². The fraction of sp³-hybridized carbons (Fsp3) is 0.0833. The normalized spacial score (nSPS) is 10.3. The maximum atomic E-state index is 11.0. The molecule has 44 heavy (non-hydrogen) atoms. The molecule has 0 spiro atoms. The topological polar surface area (TPSA) is 283 Å². The van der Waals surface area contributed by atoms with Gasteiger partial charge in [0.05, 0.1) is 11.4 Å². The van der Waals surface area contributed by atoms with Crippen LogP contribution in [-0.2, 0) is 19.4 Å². The van der Waals surface area contributed by atoms with Crippen molar-refractivity contribution >= 4 is 69.8 Å². The predicted octanol–water partition coefficient (Wildman–Crippen LogP) is 2.44. The van der Waals surface area contributed by atoms with Crippen molar-refractivity contribution in [3.63, 3.8) is 0 Å². The molecule has 2 aromatic carbocycles. The quantitative estimate of drug-likeness (QED) is 0.0496. The molecule has 0 unspecified atom stereocenters. The second-order valence-corrected chi connectivity index (χ2v) is 8.35. The van der Waals surface area contributed by atoms with Crippen LogP contribution in [0.2, 0.25) is 0 Å². The third-order valence-electron chi connectivity index (χ3n) is 5.19. The van der Waals surface area contributed by atoms with Gasteiger partial charge in [-0.1, -0.05) is 24.3 Å². The maximum absolute atomic E-state index is 11.0. The lowest BCUT2D eigenvalue weighted by atomic mass is 10.1. The van der Waals surface area contributed by atoms with E-state index >= 15 is 0 Å². The lowest BCUT2D eigenvalue weighted by Crippen LogP contribution is -2.18. The summed E-state index contributed by atoms with van der Waals surface area (Å²) in [4.78, 5) is 55.1. The molecule has 0 aliphatic rings. The second-order valence-electron chi connectivity index (χ2n) is 8.35. The molecule has 4 aromatic rings. The van der Waals surface area contributed by atoms with E-state index in [0.29, 0.717) is 16.8 Å². The van der Waals surface area contributed by atoms with Crippen molar-refractivity contribution in [3.05, 3.63) is 61.3 Å². The molecule has 0 bridgehead atoms. The molecule has 0 fully saturated rings. The second kappa shape index (κ2) is 13.9. The van der Waals surface area contributed by atoms with Crippen LogP contribution in [0.15, 0.2) is 61.3 Å². The number of carboxylic acid groups (broad SMARTS) is 2. The van der Waals surface area contributed by atoms with Gasteiger partial charge in [0.15, 0.2) is 0 Å². The van der Waals surface area contributed by atoms with Crippen LogP contribution in [0.5, 0.6) is 0 Å². The largest absolute Gasteiger partial charge is 0.480 e. The molecule has 0 aliphatic carbocycles. The number of anilines is 8. The Kier molecular flexibility index (Phi) is 9.60. The Morgan fingerprint density at radius 2 is 1.02 bits per heavy atom. The lowest BCUT2D eigenvalue weighted by molar-refractivity contribution is -0.200.